The minimum absolute atomic E-state index is 0.0324. The highest BCUT2D eigenvalue weighted by Crippen LogP contribution is 2.59. The van der Waals surface area contributed by atoms with Gasteiger partial charge in [-0.2, -0.15) is 0 Å². The lowest BCUT2D eigenvalue weighted by Crippen LogP contribution is -2.60. The van der Waals surface area contributed by atoms with Gasteiger partial charge in [0.1, 0.15) is 5.84 Å². The molecule has 8 bridgehead atoms. The maximum absolute atomic E-state index is 11.3. The van der Waals surface area contributed by atoms with E-state index in [0.717, 1.165) is 41.3 Å². The third-order valence-electron chi connectivity index (χ3n) is 9.17. The van der Waals surface area contributed by atoms with Gasteiger partial charge in [0.05, 0.1) is 11.1 Å². The number of nitrogens with zero attached hydrogens (tertiary/aromatic N) is 2. The van der Waals surface area contributed by atoms with Crippen molar-refractivity contribution < 1.29 is 5.21 Å². The third kappa shape index (κ3) is 2.30. The molecule has 138 valence electrons. The Kier molecular flexibility index (Phi) is 3.11. The van der Waals surface area contributed by atoms with Crippen molar-refractivity contribution in [3.05, 3.63) is 0 Å². The van der Waals surface area contributed by atoms with E-state index in [0.29, 0.717) is 0 Å². The predicted octanol–water partition coefficient (Wildman–Crippen LogP) is 5.03. The van der Waals surface area contributed by atoms with Crippen LogP contribution in [0.3, 0.4) is 0 Å². The van der Waals surface area contributed by atoms with Crippen LogP contribution in [-0.2, 0) is 0 Å². The van der Waals surface area contributed by atoms with Crippen LogP contribution in [0.5, 0.6) is 0 Å². The van der Waals surface area contributed by atoms with Gasteiger partial charge in [-0.1, -0.05) is 0 Å². The van der Waals surface area contributed by atoms with Crippen LogP contribution in [0, 0.1) is 35.5 Å². The highest BCUT2D eigenvalue weighted by Gasteiger charge is 2.55. The normalized spacial score (nSPS) is 55.8. The largest absolute Gasteiger partial charge is 0.287 e. The SMILES string of the molecule is CC(=NC12CC3CC(CC(C3)C1)C2)N(O)C12CC3CC(CC(C3)C1)C2. The topological polar surface area (TPSA) is 35.8 Å². The Bertz CT molecular complexity index is 539. The molecule has 0 aromatic carbocycles. The van der Waals surface area contributed by atoms with Crippen LogP contribution in [0.2, 0.25) is 0 Å². The highest BCUT2D eigenvalue weighted by molar-refractivity contribution is 5.80. The van der Waals surface area contributed by atoms with Crippen molar-refractivity contribution in [1.82, 2.24) is 5.06 Å². The lowest BCUT2D eigenvalue weighted by Gasteiger charge is -2.59. The lowest BCUT2D eigenvalue weighted by atomic mass is 9.52. The molecule has 0 aliphatic heterocycles. The summed E-state index contributed by atoms with van der Waals surface area (Å²) in [6.45, 7) is 2.11. The summed E-state index contributed by atoms with van der Waals surface area (Å²) in [5.41, 5.74) is 0.215. The molecule has 8 aliphatic carbocycles. The van der Waals surface area contributed by atoms with Gasteiger partial charge in [-0.05, 0) is 119 Å². The number of rotatable bonds is 2. The van der Waals surface area contributed by atoms with E-state index in [-0.39, 0.29) is 11.1 Å². The molecule has 1 N–H and O–H groups in total. The number of hydroxylamine groups is 2. The Balaban J connectivity index is 1.28. The second-order valence-corrected chi connectivity index (χ2v) is 11.3. The van der Waals surface area contributed by atoms with Crippen molar-refractivity contribution in [3.63, 3.8) is 0 Å². The van der Waals surface area contributed by atoms with Crippen LogP contribution in [0.25, 0.3) is 0 Å². The second-order valence-electron chi connectivity index (χ2n) is 11.3. The molecule has 8 fully saturated rings. The summed E-state index contributed by atoms with van der Waals surface area (Å²) in [7, 11) is 0. The van der Waals surface area contributed by atoms with Gasteiger partial charge in [0.25, 0.3) is 0 Å². The van der Waals surface area contributed by atoms with E-state index in [2.05, 4.69) is 6.92 Å². The average molecular weight is 343 g/mol. The van der Waals surface area contributed by atoms with E-state index in [4.69, 9.17) is 4.99 Å². The van der Waals surface area contributed by atoms with Crippen molar-refractivity contribution in [2.24, 2.45) is 40.5 Å². The third-order valence-corrected chi connectivity index (χ3v) is 9.17. The van der Waals surface area contributed by atoms with Crippen molar-refractivity contribution in [3.8, 4) is 0 Å². The first-order valence-corrected chi connectivity index (χ1v) is 11.1. The highest BCUT2D eigenvalue weighted by atomic mass is 16.5. The fourth-order valence-corrected chi connectivity index (χ4v) is 9.26. The minimum Gasteiger partial charge on any atom is -0.287 e. The molecule has 0 saturated heterocycles. The van der Waals surface area contributed by atoms with Gasteiger partial charge < -0.3 is 0 Å². The maximum atomic E-state index is 11.3. The van der Waals surface area contributed by atoms with E-state index in [9.17, 15) is 5.21 Å². The van der Waals surface area contributed by atoms with E-state index in [1.807, 2.05) is 0 Å². The second kappa shape index (κ2) is 5.03. The van der Waals surface area contributed by atoms with Crippen LogP contribution in [0.15, 0.2) is 4.99 Å². The summed E-state index contributed by atoms with van der Waals surface area (Å²) in [5.74, 6) is 6.33. The van der Waals surface area contributed by atoms with Crippen LogP contribution < -0.4 is 0 Å². The van der Waals surface area contributed by atoms with Crippen LogP contribution in [-0.4, -0.2) is 27.2 Å². The lowest BCUT2D eigenvalue weighted by molar-refractivity contribution is -0.180. The molecule has 0 atom stereocenters. The summed E-state index contributed by atoms with van der Waals surface area (Å²) in [5, 5.41) is 13.0. The molecule has 8 rings (SSSR count). The maximum Gasteiger partial charge on any atom is 0.121 e. The summed E-state index contributed by atoms with van der Waals surface area (Å²) < 4.78 is 0. The van der Waals surface area contributed by atoms with Crippen LogP contribution in [0.1, 0.15) is 84.0 Å². The van der Waals surface area contributed by atoms with Gasteiger partial charge in [-0.25, -0.2) is 5.06 Å². The average Bonchev–Trinajstić information content (AvgIpc) is 2.51. The molecule has 3 heteroatoms. The molecule has 8 saturated carbocycles. The van der Waals surface area contributed by atoms with E-state index in [1.54, 1.807) is 5.06 Å². The van der Waals surface area contributed by atoms with E-state index >= 15 is 0 Å². The van der Waals surface area contributed by atoms with E-state index in [1.165, 1.54) is 77.0 Å². The molecule has 0 aromatic rings. The zero-order valence-electron chi connectivity index (χ0n) is 15.8. The molecular formula is C22H34N2O. The number of amidine groups is 1. The molecule has 0 radical (unpaired) electrons. The molecule has 0 amide bonds. The van der Waals surface area contributed by atoms with Gasteiger partial charge in [-0.3, -0.25) is 10.2 Å². The summed E-state index contributed by atoms with van der Waals surface area (Å²) in [6, 6.07) is 0. The smallest absolute Gasteiger partial charge is 0.121 e. The molecule has 3 nitrogen and oxygen atoms in total. The quantitative estimate of drug-likeness (QED) is 0.434. The number of aliphatic imine (C=N–C) groups is 1. The first kappa shape index (κ1) is 15.5. The summed E-state index contributed by atoms with van der Waals surface area (Å²) >= 11 is 0. The van der Waals surface area contributed by atoms with E-state index < -0.39 is 0 Å². The molecule has 8 aliphatic rings. The standard InChI is InChI=1S/C22H34N2O/c1-14(23-21-8-15-2-16(9-21)4-17(3-15)10-21)24(25)22-11-18-5-19(12-22)7-20(6-18)13-22/h15-20,25H,2-13H2,1H3. The van der Waals surface area contributed by atoms with Gasteiger partial charge in [-0.15, -0.1) is 0 Å². The number of hydrogen-bond donors (Lipinski definition) is 1. The number of hydrogen-bond acceptors (Lipinski definition) is 2. The summed E-state index contributed by atoms with van der Waals surface area (Å²) in [4.78, 5) is 5.32. The van der Waals surface area contributed by atoms with Gasteiger partial charge in [0.15, 0.2) is 0 Å². The van der Waals surface area contributed by atoms with Crippen LogP contribution in [0.4, 0.5) is 0 Å². The molecule has 0 spiro atoms. The van der Waals surface area contributed by atoms with Crippen molar-refractivity contribution in [2.45, 2.75) is 95.1 Å². The molecule has 0 aromatic heterocycles. The Hall–Kier alpha value is -0.570. The van der Waals surface area contributed by atoms with Gasteiger partial charge in [0.2, 0.25) is 0 Å². The Morgan fingerprint density at radius 2 is 1.08 bits per heavy atom. The molecule has 0 heterocycles. The van der Waals surface area contributed by atoms with Gasteiger partial charge in [0, 0.05) is 0 Å². The minimum atomic E-state index is 0.0324. The Labute approximate surface area is 152 Å². The van der Waals surface area contributed by atoms with Gasteiger partial charge >= 0.3 is 0 Å². The summed E-state index contributed by atoms with van der Waals surface area (Å²) in [6.07, 6.45) is 16.2. The first-order chi connectivity index (χ1) is 12.0. The predicted molar refractivity (Wildman–Crippen MR) is 98.5 cm³/mol. The zero-order valence-corrected chi connectivity index (χ0v) is 15.8. The van der Waals surface area contributed by atoms with Crippen molar-refractivity contribution in [1.29, 1.82) is 0 Å². The zero-order chi connectivity index (χ0) is 16.8. The Morgan fingerprint density at radius 3 is 1.48 bits per heavy atom. The van der Waals surface area contributed by atoms with Crippen molar-refractivity contribution in [2.75, 3.05) is 0 Å². The molecule has 0 unspecified atom stereocenters. The molecular weight excluding hydrogens is 308 g/mol. The van der Waals surface area contributed by atoms with Crippen LogP contribution >= 0.6 is 0 Å². The fraction of sp³-hybridized carbons (Fsp3) is 0.955. The van der Waals surface area contributed by atoms with Crippen molar-refractivity contribution >= 4 is 5.84 Å². The Morgan fingerprint density at radius 1 is 0.720 bits per heavy atom. The monoisotopic (exact) mass is 342 g/mol. The fourth-order valence-electron chi connectivity index (χ4n) is 9.26. The first-order valence-electron chi connectivity index (χ1n) is 11.1. The molecule has 25 heavy (non-hydrogen) atoms.